The summed E-state index contributed by atoms with van der Waals surface area (Å²) >= 11 is 6.10. The molecule has 0 saturated carbocycles. The van der Waals surface area contributed by atoms with Crippen molar-refractivity contribution in [2.45, 2.75) is 18.9 Å². The van der Waals surface area contributed by atoms with E-state index in [1.54, 1.807) is 20.5 Å². The molecule has 0 radical (unpaired) electrons. The molecule has 2 aromatic carbocycles. The number of halogens is 1. The summed E-state index contributed by atoms with van der Waals surface area (Å²) < 4.78 is 10.7. The minimum absolute atomic E-state index is 0.385. The maximum absolute atomic E-state index is 6.10. The first-order valence-corrected chi connectivity index (χ1v) is 9.69. The third kappa shape index (κ3) is 3.92. The number of rotatable bonds is 5. The van der Waals surface area contributed by atoms with E-state index in [1.165, 1.54) is 0 Å². The second-order valence-electron chi connectivity index (χ2n) is 6.87. The van der Waals surface area contributed by atoms with E-state index in [0.29, 0.717) is 11.1 Å². The molecule has 0 atom stereocenters. The first-order valence-electron chi connectivity index (χ1n) is 9.31. The number of piperidine rings is 1. The largest absolute Gasteiger partial charge is 0.497 e. The van der Waals surface area contributed by atoms with Crippen LogP contribution >= 0.6 is 11.6 Å². The van der Waals surface area contributed by atoms with Crippen LogP contribution in [0.1, 0.15) is 12.8 Å². The Morgan fingerprint density at radius 2 is 1.71 bits per heavy atom. The fourth-order valence-electron chi connectivity index (χ4n) is 3.63. The molecule has 0 aliphatic carbocycles. The Bertz CT molecular complexity index is 952. The molecule has 6 nitrogen and oxygen atoms in total. The van der Waals surface area contributed by atoms with Gasteiger partial charge in [-0.2, -0.15) is 0 Å². The maximum Gasteiger partial charge on any atom is 0.139 e. The Hall–Kier alpha value is -2.73. The van der Waals surface area contributed by atoms with Crippen molar-refractivity contribution in [1.29, 1.82) is 0 Å². The van der Waals surface area contributed by atoms with E-state index in [9.17, 15) is 0 Å². The average Bonchev–Trinajstić information content (AvgIpc) is 2.73. The average molecular weight is 399 g/mol. The molecular weight excluding hydrogens is 376 g/mol. The van der Waals surface area contributed by atoms with Crippen molar-refractivity contribution >= 4 is 34.0 Å². The molecule has 0 bridgehead atoms. The van der Waals surface area contributed by atoms with E-state index in [0.717, 1.165) is 59.8 Å². The molecule has 0 unspecified atom stereocenters. The SMILES string of the molecule is COc1cc(NC2CCN(c3ncnc4cc(Cl)ccc34)CC2)cc(OC)c1. The van der Waals surface area contributed by atoms with Gasteiger partial charge in [0.05, 0.1) is 19.7 Å². The van der Waals surface area contributed by atoms with Crippen LogP contribution in [0.15, 0.2) is 42.7 Å². The van der Waals surface area contributed by atoms with Crippen LogP contribution in [0.25, 0.3) is 10.9 Å². The lowest BCUT2D eigenvalue weighted by Gasteiger charge is -2.34. The van der Waals surface area contributed by atoms with Gasteiger partial charge >= 0.3 is 0 Å². The first-order chi connectivity index (χ1) is 13.7. The number of methoxy groups -OCH3 is 2. The highest BCUT2D eigenvalue weighted by atomic mass is 35.5. The van der Waals surface area contributed by atoms with E-state index in [1.807, 2.05) is 36.4 Å². The second-order valence-corrected chi connectivity index (χ2v) is 7.30. The van der Waals surface area contributed by atoms with Crippen molar-refractivity contribution in [3.63, 3.8) is 0 Å². The number of hydrogen-bond donors (Lipinski definition) is 1. The van der Waals surface area contributed by atoms with Crippen molar-refractivity contribution in [3.8, 4) is 11.5 Å². The topological polar surface area (TPSA) is 59.5 Å². The Morgan fingerprint density at radius 1 is 1.00 bits per heavy atom. The number of fused-ring (bicyclic) bond motifs is 1. The summed E-state index contributed by atoms with van der Waals surface area (Å²) in [7, 11) is 3.33. The number of benzene rings is 2. The first kappa shape index (κ1) is 18.6. The van der Waals surface area contributed by atoms with Crippen molar-refractivity contribution in [3.05, 3.63) is 47.7 Å². The molecule has 1 saturated heterocycles. The summed E-state index contributed by atoms with van der Waals surface area (Å²) in [6.45, 7) is 1.85. The molecule has 3 aromatic rings. The summed E-state index contributed by atoms with van der Waals surface area (Å²) in [5, 5.41) is 5.34. The number of ether oxygens (including phenoxy) is 2. The summed E-state index contributed by atoms with van der Waals surface area (Å²) in [6, 6.07) is 12.0. The van der Waals surface area contributed by atoms with E-state index < -0.39 is 0 Å². The van der Waals surface area contributed by atoms with Gasteiger partial charge in [0.2, 0.25) is 0 Å². The second kappa shape index (κ2) is 8.10. The van der Waals surface area contributed by atoms with Crippen molar-refractivity contribution < 1.29 is 9.47 Å². The number of nitrogens with zero attached hydrogens (tertiary/aromatic N) is 3. The fourth-order valence-corrected chi connectivity index (χ4v) is 3.80. The minimum Gasteiger partial charge on any atom is -0.497 e. The normalized spacial score (nSPS) is 14.9. The Kier molecular flexibility index (Phi) is 5.39. The van der Waals surface area contributed by atoms with Crippen molar-refractivity contribution in [1.82, 2.24) is 9.97 Å². The van der Waals surface area contributed by atoms with E-state index in [2.05, 4.69) is 20.2 Å². The van der Waals surface area contributed by atoms with Crippen LogP contribution in [0, 0.1) is 0 Å². The molecule has 28 heavy (non-hydrogen) atoms. The third-order valence-electron chi connectivity index (χ3n) is 5.09. The van der Waals surface area contributed by atoms with Gasteiger partial charge in [-0.05, 0) is 31.0 Å². The lowest BCUT2D eigenvalue weighted by atomic mass is 10.0. The van der Waals surface area contributed by atoms with Gasteiger partial charge in [0.1, 0.15) is 23.6 Å². The molecule has 0 amide bonds. The van der Waals surface area contributed by atoms with Crippen molar-refractivity contribution in [2.75, 3.05) is 37.5 Å². The van der Waals surface area contributed by atoms with E-state index in [-0.39, 0.29) is 0 Å². The number of anilines is 2. The molecule has 7 heteroatoms. The summed E-state index contributed by atoms with van der Waals surface area (Å²) in [5.74, 6) is 2.54. The molecule has 4 rings (SSSR count). The smallest absolute Gasteiger partial charge is 0.139 e. The van der Waals surface area contributed by atoms with Crippen LogP contribution < -0.4 is 19.7 Å². The van der Waals surface area contributed by atoms with Crippen LogP contribution in [0.3, 0.4) is 0 Å². The van der Waals surface area contributed by atoms with Crippen molar-refractivity contribution in [2.24, 2.45) is 0 Å². The predicted molar refractivity (Wildman–Crippen MR) is 113 cm³/mol. The number of nitrogens with one attached hydrogen (secondary N) is 1. The fraction of sp³-hybridized carbons (Fsp3) is 0.333. The van der Waals surface area contributed by atoms with Gasteiger partial charge in [-0.3, -0.25) is 0 Å². The molecular formula is C21H23ClN4O2. The molecule has 0 spiro atoms. The predicted octanol–water partition coefficient (Wildman–Crippen LogP) is 4.38. The van der Waals surface area contributed by atoms with Crippen LogP contribution in [0.5, 0.6) is 11.5 Å². The Labute approximate surface area is 169 Å². The van der Waals surface area contributed by atoms with E-state index in [4.69, 9.17) is 21.1 Å². The Balaban J connectivity index is 1.46. The highest BCUT2D eigenvalue weighted by molar-refractivity contribution is 6.31. The number of aromatic nitrogens is 2. The molecule has 1 aliphatic heterocycles. The zero-order chi connectivity index (χ0) is 19.5. The quantitative estimate of drug-likeness (QED) is 0.688. The van der Waals surface area contributed by atoms with Crippen LogP contribution in [-0.2, 0) is 0 Å². The van der Waals surface area contributed by atoms with Gasteiger partial charge < -0.3 is 19.7 Å². The van der Waals surface area contributed by atoms with Gasteiger partial charge in [0, 0.05) is 53.4 Å². The van der Waals surface area contributed by atoms with Gasteiger partial charge in [-0.25, -0.2) is 9.97 Å². The zero-order valence-electron chi connectivity index (χ0n) is 16.0. The van der Waals surface area contributed by atoms with Crippen LogP contribution in [0.4, 0.5) is 11.5 Å². The lowest BCUT2D eigenvalue weighted by molar-refractivity contribution is 0.394. The summed E-state index contributed by atoms with van der Waals surface area (Å²) in [5.41, 5.74) is 1.89. The van der Waals surface area contributed by atoms with Crippen LogP contribution in [0.2, 0.25) is 5.02 Å². The molecule has 1 N–H and O–H groups in total. The van der Waals surface area contributed by atoms with Gasteiger partial charge in [-0.15, -0.1) is 0 Å². The molecule has 1 aliphatic rings. The molecule has 2 heterocycles. The van der Waals surface area contributed by atoms with Gasteiger partial charge in [-0.1, -0.05) is 11.6 Å². The summed E-state index contributed by atoms with van der Waals surface area (Å²) in [4.78, 5) is 11.2. The van der Waals surface area contributed by atoms with E-state index >= 15 is 0 Å². The Morgan fingerprint density at radius 3 is 2.39 bits per heavy atom. The summed E-state index contributed by atoms with van der Waals surface area (Å²) in [6.07, 6.45) is 3.64. The van der Waals surface area contributed by atoms with Gasteiger partial charge in [0.25, 0.3) is 0 Å². The lowest BCUT2D eigenvalue weighted by Crippen LogP contribution is -2.39. The molecule has 1 fully saturated rings. The standard InChI is InChI=1S/C21H23ClN4O2/c1-27-17-10-16(11-18(12-17)28-2)25-15-5-7-26(8-6-15)21-19-4-3-14(22)9-20(19)23-13-24-21/h3-4,9-13,15,25H,5-8H2,1-2H3. The molecule has 1 aromatic heterocycles. The zero-order valence-corrected chi connectivity index (χ0v) is 16.7. The maximum atomic E-state index is 6.10. The van der Waals surface area contributed by atoms with Gasteiger partial charge in [0.15, 0.2) is 0 Å². The highest BCUT2D eigenvalue weighted by Gasteiger charge is 2.22. The number of hydrogen-bond acceptors (Lipinski definition) is 6. The van der Waals surface area contributed by atoms with Crippen LogP contribution in [-0.4, -0.2) is 43.3 Å². The highest BCUT2D eigenvalue weighted by Crippen LogP contribution is 2.30. The minimum atomic E-state index is 0.385. The third-order valence-corrected chi connectivity index (χ3v) is 5.33. The monoisotopic (exact) mass is 398 g/mol. The molecule has 146 valence electrons.